The number of pyridine rings is 1. The second-order valence-corrected chi connectivity index (χ2v) is 5.23. The summed E-state index contributed by atoms with van der Waals surface area (Å²) in [5, 5.41) is 4.30. The Morgan fingerprint density at radius 3 is 2.76 bits per heavy atom. The van der Waals surface area contributed by atoms with Crippen LogP contribution in [0.15, 0.2) is 54.7 Å². The fourth-order valence-corrected chi connectivity index (χ4v) is 2.52. The van der Waals surface area contributed by atoms with E-state index in [4.69, 9.17) is 11.6 Å². The summed E-state index contributed by atoms with van der Waals surface area (Å²) in [6.45, 7) is 1.93. The summed E-state index contributed by atoms with van der Waals surface area (Å²) in [5.41, 5.74) is 2.91. The third-order valence-corrected chi connectivity index (χ3v) is 3.56. The van der Waals surface area contributed by atoms with Crippen LogP contribution >= 0.6 is 11.6 Å². The maximum absolute atomic E-state index is 12.4. The van der Waals surface area contributed by atoms with Gasteiger partial charge in [0.05, 0.1) is 21.8 Å². The summed E-state index contributed by atoms with van der Waals surface area (Å²) in [6.07, 6.45) is 1.71. The molecule has 0 saturated carbocycles. The van der Waals surface area contributed by atoms with E-state index in [9.17, 15) is 4.79 Å². The second-order valence-electron chi connectivity index (χ2n) is 4.82. The van der Waals surface area contributed by atoms with E-state index in [0.29, 0.717) is 16.3 Å². The lowest BCUT2D eigenvalue weighted by Gasteiger charge is -2.09. The molecule has 0 aliphatic carbocycles. The van der Waals surface area contributed by atoms with Crippen molar-refractivity contribution >= 4 is 34.1 Å². The molecule has 21 heavy (non-hydrogen) atoms. The maximum atomic E-state index is 12.4. The van der Waals surface area contributed by atoms with Crippen molar-refractivity contribution in [1.29, 1.82) is 0 Å². The van der Waals surface area contributed by atoms with Gasteiger partial charge in [-0.15, -0.1) is 0 Å². The number of hydrogen-bond donors (Lipinski definition) is 1. The molecule has 0 spiro atoms. The Hall–Kier alpha value is -2.39. The molecule has 3 aromatic rings. The van der Waals surface area contributed by atoms with Gasteiger partial charge in [0.1, 0.15) is 0 Å². The molecular formula is C17H13ClN2O. The number of carbonyl (C=O) groups excluding carboxylic acids is 1. The number of hydrogen-bond acceptors (Lipinski definition) is 2. The highest BCUT2D eigenvalue weighted by molar-refractivity contribution is 6.34. The van der Waals surface area contributed by atoms with E-state index >= 15 is 0 Å². The van der Waals surface area contributed by atoms with Gasteiger partial charge in [-0.3, -0.25) is 9.78 Å². The third-order valence-electron chi connectivity index (χ3n) is 3.25. The molecule has 104 valence electrons. The van der Waals surface area contributed by atoms with Crippen LogP contribution in [0.25, 0.3) is 10.9 Å². The molecule has 0 bridgehead atoms. The monoisotopic (exact) mass is 296 g/mol. The number of carbonyl (C=O) groups is 1. The number of rotatable bonds is 2. The molecule has 2 aromatic carbocycles. The minimum absolute atomic E-state index is 0.238. The first-order valence-electron chi connectivity index (χ1n) is 6.56. The first-order valence-corrected chi connectivity index (χ1v) is 6.94. The minimum atomic E-state index is -0.238. The van der Waals surface area contributed by atoms with E-state index in [1.165, 1.54) is 0 Å². The Morgan fingerprint density at radius 2 is 1.95 bits per heavy atom. The van der Waals surface area contributed by atoms with Crippen LogP contribution in [0.5, 0.6) is 0 Å². The van der Waals surface area contributed by atoms with Gasteiger partial charge < -0.3 is 5.32 Å². The average molecular weight is 297 g/mol. The maximum Gasteiger partial charge on any atom is 0.257 e. The van der Waals surface area contributed by atoms with Gasteiger partial charge in [-0.2, -0.15) is 0 Å². The van der Waals surface area contributed by atoms with Crippen LogP contribution in [0.2, 0.25) is 5.02 Å². The number of anilines is 1. The normalized spacial score (nSPS) is 10.6. The van der Waals surface area contributed by atoms with Crippen LogP contribution in [0, 0.1) is 6.92 Å². The Morgan fingerprint density at radius 1 is 1.14 bits per heavy atom. The quantitative estimate of drug-likeness (QED) is 0.759. The second kappa shape index (κ2) is 5.54. The Kier molecular flexibility index (Phi) is 3.59. The lowest BCUT2D eigenvalue weighted by molar-refractivity contribution is 0.102. The smallest absolute Gasteiger partial charge is 0.257 e. The molecule has 4 heteroatoms. The van der Waals surface area contributed by atoms with Gasteiger partial charge >= 0.3 is 0 Å². The number of benzene rings is 2. The van der Waals surface area contributed by atoms with Crippen molar-refractivity contribution in [2.24, 2.45) is 0 Å². The summed E-state index contributed by atoms with van der Waals surface area (Å²) in [4.78, 5) is 16.7. The lowest BCUT2D eigenvalue weighted by atomic mass is 10.1. The van der Waals surface area contributed by atoms with Crippen molar-refractivity contribution in [2.45, 2.75) is 6.92 Å². The lowest BCUT2D eigenvalue weighted by Crippen LogP contribution is -2.13. The van der Waals surface area contributed by atoms with Gasteiger partial charge in [0.2, 0.25) is 0 Å². The van der Waals surface area contributed by atoms with Crippen molar-refractivity contribution in [1.82, 2.24) is 4.98 Å². The zero-order valence-electron chi connectivity index (χ0n) is 11.4. The van der Waals surface area contributed by atoms with Crippen molar-refractivity contribution in [3.8, 4) is 0 Å². The number of aromatic nitrogens is 1. The van der Waals surface area contributed by atoms with Gasteiger partial charge in [-0.25, -0.2) is 0 Å². The first kappa shape index (κ1) is 13.6. The van der Waals surface area contributed by atoms with Crippen molar-refractivity contribution in [2.75, 3.05) is 5.32 Å². The Labute approximate surface area is 127 Å². The van der Waals surface area contributed by atoms with Gasteiger partial charge in [0.25, 0.3) is 5.91 Å². The number of nitrogens with zero attached hydrogens (tertiary/aromatic N) is 1. The van der Waals surface area contributed by atoms with Gasteiger partial charge in [-0.05, 0) is 36.8 Å². The number of aryl methyl sites for hydroxylation is 1. The summed E-state index contributed by atoms with van der Waals surface area (Å²) in [5.74, 6) is -0.238. The van der Waals surface area contributed by atoms with Crippen molar-refractivity contribution < 1.29 is 4.79 Å². The molecular weight excluding hydrogens is 284 g/mol. The van der Waals surface area contributed by atoms with Crippen LogP contribution < -0.4 is 5.32 Å². The minimum Gasteiger partial charge on any atom is -0.320 e. The van der Waals surface area contributed by atoms with Crippen LogP contribution in [0.4, 0.5) is 5.69 Å². The fourth-order valence-electron chi connectivity index (χ4n) is 2.20. The number of fused-ring (bicyclic) bond motifs is 1. The first-order chi connectivity index (χ1) is 10.1. The van der Waals surface area contributed by atoms with E-state index in [1.807, 2.05) is 43.3 Å². The van der Waals surface area contributed by atoms with Crippen molar-refractivity contribution in [3.05, 3.63) is 70.9 Å². The van der Waals surface area contributed by atoms with Gasteiger partial charge in [0, 0.05) is 11.6 Å². The van der Waals surface area contributed by atoms with Gasteiger partial charge in [0.15, 0.2) is 0 Å². The summed E-state index contributed by atoms with van der Waals surface area (Å²) < 4.78 is 0. The zero-order chi connectivity index (χ0) is 14.8. The molecule has 1 heterocycles. The standard InChI is InChI=1S/C17H13ClN2O/c1-11-7-8-13(14(18)10-11)17(21)20-15-6-2-4-12-5-3-9-19-16(12)15/h2-10H,1H3,(H,20,21). The van der Waals surface area contributed by atoms with Crippen LogP contribution in [-0.4, -0.2) is 10.9 Å². The Bertz CT molecular complexity index is 825. The predicted molar refractivity (Wildman–Crippen MR) is 85.9 cm³/mol. The van der Waals surface area contributed by atoms with E-state index < -0.39 is 0 Å². The molecule has 0 radical (unpaired) electrons. The molecule has 0 aliphatic heterocycles. The summed E-state index contributed by atoms with van der Waals surface area (Å²) in [7, 11) is 0. The predicted octanol–water partition coefficient (Wildman–Crippen LogP) is 4.45. The number of amides is 1. The Balaban J connectivity index is 1.97. The molecule has 3 rings (SSSR count). The summed E-state index contributed by atoms with van der Waals surface area (Å²) in [6, 6.07) is 14.9. The molecule has 0 unspecified atom stereocenters. The van der Waals surface area contributed by atoms with E-state index in [2.05, 4.69) is 10.3 Å². The van der Waals surface area contributed by atoms with Crippen LogP contribution in [0.1, 0.15) is 15.9 Å². The third kappa shape index (κ3) is 2.73. The molecule has 1 aromatic heterocycles. The van der Waals surface area contributed by atoms with E-state index in [0.717, 1.165) is 16.5 Å². The molecule has 0 aliphatic rings. The number of halogens is 1. The number of para-hydroxylation sites is 1. The molecule has 0 fully saturated rings. The van der Waals surface area contributed by atoms with E-state index in [-0.39, 0.29) is 5.91 Å². The zero-order valence-corrected chi connectivity index (χ0v) is 12.2. The highest BCUT2D eigenvalue weighted by Crippen LogP contribution is 2.23. The molecule has 3 nitrogen and oxygen atoms in total. The topological polar surface area (TPSA) is 42.0 Å². The highest BCUT2D eigenvalue weighted by Gasteiger charge is 2.12. The largest absolute Gasteiger partial charge is 0.320 e. The fraction of sp³-hybridized carbons (Fsp3) is 0.0588. The molecule has 1 amide bonds. The number of nitrogens with one attached hydrogen (secondary N) is 1. The van der Waals surface area contributed by atoms with E-state index in [1.54, 1.807) is 18.3 Å². The van der Waals surface area contributed by atoms with Gasteiger partial charge in [-0.1, -0.05) is 35.9 Å². The van der Waals surface area contributed by atoms with Crippen LogP contribution in [0.3, 0.4) is 0 Å². The highest BCUT2D eigenvalue weighted by atomic mass is 35.5. The summed E-state index contributed by atoms with van der Waals surface area (Å²) >= 11 is 6.13. The molecule has 1 N–H and O–H groups in total. The molecule has 0 atom stereocenters. The molecule has 0 saturated heterocycles. The van der Waals surface area contributed by atoms with Crippen LogP contribution in [-0.2, 0) is 0 Å². The van der Waals surface area contributed by atoms with Crippen molar-refractivity contribution in [3.63, 3.8) is 0 Å². The average Bonchev–Trinajstić information content (AvgIpc) is 2.47. The SMILES string of the molecule is Cc1ccc(C(=O)Nc2cccc3cccnc23)c(Cl)c1.